The molecule has 1 aliphatic heterocycles. The molecule has 1 aromatic rings. The first kappa shape index (κ1) is 14.5. The number of piperidine rings is 1. The minimum Gasteiger partial charge on any atom is -0.381 e. The lowest BCUT2D eigenvalue weighted by atomic mass is 10.1. The summed E-state index contributed by atoms with van der Waals surface area (Å²) in [5.74, 6) is -2.17. The highest BCUT2D eigenvalue weighted by Crippen LogP contribution is 2.16. The topological polar surface area (TPSA) is 71.2 Å². The van der Waals surface area contributed by atoms with Gasteiger partial charge in [0.15, 0.2) is 23.3 Å². The van der Waals surface area contributed by atoms with Crippen LogP contribution in [0.3, 0.4) is 0 Å². The van der Waals surface area contributed by atoms with E-state index in [0.717, 1.165) is 32.4 Å². The molecule has 1 aromatic heterocycles. The number of aromatic nitrogens is 1. The number of nitrogens with zero attached hydrogens (tertiary/aromatic N) is 2. The van der Waals surface area contributed by atoms with Crippen molar-refractivity contribution in [1.29, 1.82) is 0 Å². The van der Waals surface area contributed by atoms with Crippen molar-refractivity contribution in [3.8, 4) is 0 Å². The van der Waals surface area contributed by atoms with Gasteiger partial charge in [-0.3, -0.25) is 4.79 Å². The molecular weight excluding hydrogens is 266 g/mol. The smallest absolute Gasteiger partial charge is 0.224 e. The molecule has 2 rings (SSSR count). The number of nitrogen functional groups attached to an aromatic ring is 1. The lowest BCUT2D eigenvalue weighted by Crippen LogP contribution is -2.36. The van der Waals surface area contributed by atoms with Gasteiger partial charge in [0.2, 0.25) is 5.91 Å². The summed E-state index contributed by atoms with van der Waals surface area (Å²) in [6, 6.07) is 0.678. The van der Waals surface area contributed by atoms with Crippen LogP contribution in [0.4, 0.5) is 20.4 Å². The van der Waals surface area contributed by atoms with E-state index in [2.05, 4.69) is 10.3 Å². The van der Waals surface area contributed by atoms with Crippen LogP contribution in [0.2, 0.25) is 0 Å². The molecule has 0 radical (unpaired) electrons. The van der Waals surface area contributed by atoms with E-state index in [0.29, 0.717) is 6.07 Å². The monoisotopic (exact) mass is 284 g/mol. The molecule has 110 valence electrons. The van der Waals surface area contributed by atoms with Gasteiger partial charge in [0.05, 0.1) is 0 Å². The Labute approximate surface area is 116 Å². The van der Waals surface area contributed by atoms with Crippen LogP contribution in [0.15, 0.2) is 6.07 Å². The number of nitrogens with one attached hydrogen (secondary N) is 1. The van der Waals surface area contributed by atoms with Crippen LogP contribution in [0.5, 0.6) is 0 Å². The predicted molar refractivity (Wildman–Crippen MR) is 72.1 cm³/mol. The Bertz CT molecular complexity index is 490. The number of anilines is 2. The Balaban J connectivity index is 1.83. The van der Waals surface area contributed by atoms with Gasteiger partial charge in [-0.25, -0.2) is 13.8 Å². The minimum atomic E-state index is -0.891. The number of halogens is 2. The average molecular weight is 284 g/mol. The van der Waals surface area contributed by atoms with E-state index in [9.17, 15) is 13.6 Å². The summed E-state index contributed by atoms with van der Waals surface area (Å²) in [7, 11) is 0. The first-order valence-electron chi connectivity index (χ1n) is 6.71. The molecule has 0 bridgehead atoms. The first-order chi connectivity index (χ1) is 9.58. The largest absolute Gasteiger partial charge is 0.381 e. The zero-order valence-electron chi connectivity index (χ0n) is 11.2. The molecule has 0 atom stereocenters. The Morgan fingerprint density at radius 2 is 2.00 bits per heavy atom. The molecule has 0 aromatic carbocycles. The fraction of sp³-hybridized carbons (Fsp3) is 0.538. The Morgan fingerprint density at radius 3 is 2.70 bits per heavy atom. The van der Waals surface area contributed by atoms with Crippen LogP contribution < -0.4 is 11.1 Å². The van der Waals surface area contributed by atoms with Crippen LogP contribution in [0, 0.1) is 11.6 Å². The molecule has 7 heteroatoms. The fourth-order valence-corrected chi connectivity index (χ4v) is 2.19. The Morgan fingerprint density at radius 1 is 1.30 bits per heavy atom. The average Bonchev–Trinajstić information content (AvgIpc) is 2.45. The maximum Gasteiger partial charge on any atom is 0.224 e. The summed E-state index contributed by atoms with van der Waals surface area (Å²) < 4.78 is 26.3. The van der Waals surface area contributed by atoms with E-state index >= 15 is 0 Å². The molecule has 0 saturated carbocycles. The number of hydrogen-bond acceptors (Lipinski definition) is 4. The zero-order valence-corrected chi connectivity index (χ0v) is 11.2. The van der Waals surface area contributed by atoms with E-state index in [4.69, 9.17) is 5.73 Å². The SMILES string of the molecule is Nc1nc(NCCC(=O)N2CCCCC2)c(F)cc1F. The number of hydrogen-bond donors (Lipinski definition) is 2. The third-order valence-corrected chi connectivity index (χ3v) is 3.30. The molecule has 20 heavy (non-hydrogen) atoms. The predicted octanol–water partition coefficient (Wildman–Crippen LogP) is 1.76. The highest BCUT2D eigenvalue weighted by molar-refractivity contribution is 5.76. The van der Waals surface area contributed by atoms with Crippen LogP contribution in [0.25, 0.3) is 0 Å². The van der Waals surface area contributed by atoms with Gasteiger partial charge in [0.25, 0.3) is 0 Å². The normalized spacial score (nSPS) is 15.2. The summed E-state index contributed by atoms with van der Waals surface area (Å²) in [6.07, 6.45) is 3.47. The van der Waals surface area contributed by atoms with E-state index in [-0.39, 0.29) is 30.5 Å². The van der Waals surface area contributed by atoms with Gasteiger partial charge in [0, 0.05) is 32.1 Å². The van der Waals surface area contributed by atoms with Crippen LogP contribution in [0.1, 0.15) is 25.7 Å². The summed E-state index contributed by atoms with van der Waals surface area (Å²) in [6.45, 7) is 1.81. The first-order valence-corrected chi connectivity index (χ1v) is 6.71. The highest BCUT2D eigenvalue weighted by atomic mass is 19.1. The number of nitrogens with two attached hydrogens (primary N) is 1. The number of carbonyl (C=O) groups is 1. The summed E-state index contributed by atoms with van der Waals surface area (Å²) in [5.41, 5.74) is 5.27. The van der Waals surface area contributed by atoms with Crippen molar-refractivity contribution >= 4 is 17.5 Å². The van der Waals surface area contributed by atoms with Crippen molar-refractivity contribution in [2.45, 2.75) is 25.7 Å². The van der Waals surface area contributed by atoms with Gasteiger partial charge in [-0.1, -0.05) is 0 Å². The molecule has 0 unspecified atom stereocenters. The third kappa shape index (κ3) is 3.55. The van der Waals surface area contributed by atoms with Gasteiger partial charge >= 0.3 is 0 Å². The van der Waals surface area contributed by atoms with Crippen LogP contribution in [-0.4, -0.2) is 35.4 Å². The molecule has 0 spiro atoms. The molecule has 1 amide bonds. The Hall–Kier alpha value is -1.92. The molecule has 5 nitrogen and oxygen atoms in total. The second-order valence-electron chi connectivity index (χ2n) is 4.80. The molecular formula is C13H18F2N4O. The van der Waals surface area contributed by atoms with E-state index < -0.39 is 11.6 Å². The van der Waals surface area contributed by atoms with Gasteiger partial charge in [0.1, 0.15) is 0 Å². The van der Waals surface area contributed by atoms with E-state index in [1.165, 1.54) is 0 Å². The number of amides is 1. The van der Waals surface area contributed by atoms with E-state index in [1.807, 2.05) is 4.90 Å². The van der Waals surface area contributed by atoms with Crippen molar-refractivity contribution in [2.75, 3.05) is 30.7 Å². The molecule has 1 aliphatic rings. The molecule has 1 fully saturated rings. The summed E-state index contributed by atoms with van der Waals surface area (Å²) in [4.78, 5) is 17.3. The van der Waals surface area contributed by atoms with Crippen molar-refractivity contribution in [1.82, 2.24) is 9.88 Å². The summed E-state index contributed by atoms with van der Waals surface area (Å²) >= 11 is 0. The second kappa shape index (κ2) is 6.49. The molecule has 0 aliphatic carbocycles. The van der Waals surface area contributed by atoms with Crippen molar-refractivity contribution in [3.63, 3.8) is 0 Å². The molecule has 3 N–H and O–H groups in total. The molecule has 1 saturated heterocycles. The van der Waals surface area contributed by atoms with Crippen molar-refractivity contribution < 1.29 is 13.6 Å². The van der Waals surface area contributed by atoms with Gasteiger partial charge in [-0.05, 0) is 19.3 Å². The standard InChI is InChI=1S/C13H18F2N4O/c14-9-8-10(15)13(18-12(9)16)17-5-4-11(20)19-6-2-1-3-7-19/h8H,1-7H2,(H3,16,17,18). The van der Waals surface area contributed by atoms with Gasteiger partial charge in [-0.2, -0.15) is 0 Å². The minimum absolute atomic E-state index is 0.0349. The highest BCUT2D eigenvalue weighted by Gasteiger charge is 2.16. The number of likely N-dealkylation sites (tertiary alicyclic amines) is 1. The van der Waals surface area contributed by atoms with Crippen molar-refractivity contribution in [2.24, 2.45) is 0 Å². The maximum atomic E-state index is 13.4. The quantitative estimate of drug-likeness (QED) is 0.883. The maximum absolute atomic E-state index is 13.4. The third-order valence-electron chi connectivity index (χ3n) is 3.30. The van der Waals surface area contributed by atoms with Crippen LogP contribution >= 0.6 is 0 Å². The summed E-state index contributed by atoms with van der Waals surface area (Å²) in [5, 5.41) is 2.67. The van der Waals surface area contributed by atoms with Gasteiger partial charge in [-0.15, -0.1) is 0 Å². The number of carbonyl (C=O) groups excluding carboxylic acids is 1. The fourth-order valence-electron chi connectivity index (χ4n) is 2.19. The second-order valence-corrected chi connectivity index (χ2v) is 4.80. The lowest BCUT2D eigenvalue weighted by molar-refractivity contribution is -0.131. The number of pyridine rings is 1. The number of rotatable bonds is 4. The lowest BCUT2D eigenvalue weighted by Gasteiger charge is -2.26. The Kier molecular flexibility index (Phi) is 4.70. The van der Waals surface area contributed by atoms with Crippen LogP contribution in [-0.2, 0) is 4.79 Å². The van der Waals surface area contributed by atoms with Gasteiger partial charge < -0.3 is 16.0 Å². The van der Waals surface area contributed by atoms with E-state index in [1.54, 1.807) is 0 Å². The van der Waals surface area contributed by atoms with Crippen molar-refractivity contribution in [3.05, 3.63) is 17.7 Å². The zero-order chi connectivity index (χ0) is 14.5. The molecule has 2 heterocycles.